The molecule has 0 bridgehead atoms. The van der Waals surface area contributed by atoms with Gasteiger partial charge in [-0.15, -0.1) is 0 Å². The van der Waals surface area contributed by atoms with E-state index in [1.54, 1.807) is 11.8 Å². The molecule has 5 heterocycles. The van der Waals surface area contributed by atoms with Gasteiger partial charge in [0.1, 0.15) is 11.2 Å². The Labute approximate surface area is 297 Å². The lowest BCUT2D eigenvalue weighted by Gasteiger charge is -2.19. The average molecular weight is 673 g/mol. The molecule has 1 aliphatic heterocycles. The number of hydrogen-bond acceptors (Lipinski definition) is 4. The lowest BCUT2D eigenvalue weighted by Crippen LogP contribution is -2.04. The normalized spacial score (nSPS) is 12.6. The topological polar surface area (TPSA) is 48.8 Å². The second-order valence-corrected chi connectivity index (χ2v) is 14.1. The molecule has 0 saturated heterocycles. The summed E-state index contributed by atoms with van der Waals surface area (Å²) >= 11 is 1.78. The van der Waals surface area contributed by atoms with E-state index in [-0.39, 0.29) is 0 Å². The molecule has 5 nitrogen and oxygen atoms in total. The highest BCUT2D eigenvalue weighted by atomic mass is 32.2. The maximum absolute atomic E-state index is 6.66. The van der Waals surface area contributed by atoms with Crippen molar-refractivity contribution in [2.75, 3.05) is 0 Å². The van der Waals surface area contributed by atoms with Crippen molar-refractivity contribution in [3.8, 4) is 22.9 Å². The Morgan fingerprint density at radius 2 is 1.41 bits per heavy atom. The number of para-hydroxylation sites is 3. The highest BCUT2D eigenvalue weighted by Crippen LogP contribution is 2.47. The number of nitrogens with zero attached hydrogens (tertiary/aromatic N) is 4. The number of hydrogen-bond donors (Lipinski definition) is 0. The van der Waals surface area contributed by atoms with Crippen LogP contribution in [0, 0.1) is 6.92 Å². The van der Waals surface area contributed by atoms with Crippen LogP contribution in [-0.4, -0.2) is 19.1 Å². The molecule has 0 unspecified atom stereocenters. The predicted octanol–water partition coefficient (Wildman–Crippen LogP) is 12.0. The predicted molar refractivity (Wildman–Crippen MR) is 210 cm³/mol. The molecular formula is C45H28N4OS. The summed E-state index contributed by atoms with van der Waals surface area (Å²) in [6, 6.07) is 46.7. The van der Waals surface area contributed by atoms with Crippen molar-refractivity contribution in [3.05, 3.63) is 156 Å². The molecule has 240 valence electrons. The first kappa shape index (κ1) is 28.5. The Hall–Kier alpha value is -6.37. The van der Waals surface area contributed by atoms with Gasteiger partial charge in [-0.1, -0.05) is 96.7 Å². The van der Waals surface area contributed by atoms with Crippen molar-refractivity contribution in [1.82, 2.24) is 19.1 Å². The first-order valence-electron chi connectivity index (χ1n) is 17.1. The van der Waals surface area contributed by atoms with Gasteiger partial charge in [0.25, 0.3) is 0 Å². The number of benzene rings is 6. The summed E-state index contributed by atoms with van der Waals surface area (Å²) in [5.41, 5.74) is 11.4. The molecule has 51 heavy (non-hydrogen) atoms. The van der Waals surface area contributed by atoms with Gasteiger partial charge in [0.15, 0.2) is 0 Å². The molecule has 1 aliphatic rings. The van der Waals surface area contributed by atoms with E-state index in [1.165, 1.54) is 26.3 Å². The van der Waals surface area contributed by atoms with E-state index in [1.807, 2.05) is 12.1 Å². The number of aryl methyl sites for hydroxylation is 1. The van der Waals surface area contributed by atoms with E-state index in [0.717, 1.165) is 71.9 Å². The van der Waals surface area contributed by atoms with Crippen LogP contribution in [0.1, 0.15) is 16.8 Å². The van der Waals surface area contributed by atoms with Crippen molar-refractivity contribution in [3.63, 3.8) is 0 Å². The van der Waals surface area contributed by atoms with Gasteiger partial charge in [-0.2, -0.15) is 0 Å². The van der Waals surface area contributed by atoms with Crippen LogP contribution < -0.4 is 0 Å². The fourth-order valence-electron chi connectivity index (χ4n) is 7.86. The van der Waals surface area contributed by atoms with Gasteiger partial charge >= 0.3 is 0 Å². The molecule has 11 rings (SSSR count). The van der Waals surface area contributed by atoms with Crippen LogP contribution in [-0.2, 0) is 0 Å². The smallest absolute Gasteiger partial charge is 0.235 e. The first-order chi connectivity index (χ1) is 25.2. The molecule has 10 aromatic rings. The first-order valence-corrected chi connectivity index (χ1v) is 17.9. The maximum Gasteiger partial charge on any atom is 0.235 e. The van der Waals surface area contributed by atoms with Crippen LogP contribution in [0.3, 0.4) is 0 Å². The third-order valence-electron chi connectivity index (χ3n) is 10.2. The van der Waals surface area contributed by atoms with Gasteiger partial charge in [0, 0.05) is 60.0 Å². The number of furan rings is 1. The lowest BCUT2D eigenvalue weighted by atomic mass is 10.1. The van der Waals surface area contributed by atoms with Crippen LogP contribution in [0.2, 0.25) is 0 Å². The number of aromatic nitrogens is 4. The third-order valence-corrected chi connectivity index (χ3v) is 11.3. The largest absolute Gasteiger partial charge is 0.455 e. The zero-order chi connectivity index (χ0) is 33.6. The summed E-state index contributed by atoms with van der Waals surface area (Å²) in [5, 5.41) is 5.56. The molecule has 0 amide bonds. The van der Waals surface area contributed by atoms with Crippen molar-refractivity contribution in [2.24, 2.45) is 0 Å². The molecule has 0 spiro atoms. The molecule has 0 saturated carbocycles. The number of fused-ring (bicyclic) bond motifs is 8. The Kier molecular flexibility index (Phi) is 6.04. The molecule has 0 atom stereocenters. The van der Waals surface area contributed by atoms with E-state index < -0.39 is 0 Å². The highest BCUT2D eigenvalue weighted by molar-refractivity contribution is 7.99. The Bertz CT molecular complexity index is 3070. The second kappa shape index (κ2) is 10.8. The van der Waals surface area contributed by atoms with Gasteiger partial charge in [-0.25, -0.2) is 9.97 Å². The van der Waals surface area contributed by atoms with Crippen LogP contribution in [0.5, 0.6) is 0 Å². The Morgan fingerprint density at radius 3 is 2.33 bits per heavy atom. The SMILES string of the molecule is Cc1c(/C=C\c2cn(-c3nc4c5c(cccc5n3)Sc3ccccc3-4)c3ccc4c5ccccc5oc4c23)n(-c2ccccc2)c2ccccc12. The molecular weight excluding hydrogens is 645 g/mol. The van der Waals surface area contributed by atoms with Crippen molar-refractivity contribution in [2.45, 2.75) is 16.7 Å². The van der Waals surface area contributed by atoms with Crippen molar-refractivity contribution < 1.29 is 4.42 Å². The summed E-state index contributed by atoms with van der Waals surface area (Å²) in [5.74, 6) is 0.631. The molecule has 6 heteroatoms. The van der Waals surface area contributed by atoms with Crippen LogP contribution in [0.4, 0.5) is 0 Å². The van der Waals surface area contributed by atoms with Crippen LogP contribution in [0.25, 0.3) is 89.7 Å². The highest BCUT2D eigenvalue weighted by Gasteiger charge is 2.24. The summed E-state index contributed by atoms with van der Waals surface area (Å²) in [7, 11) is 0. The minimum atomic E-state index is 0.631. The van der Waals surface area contributed by atoms with E-state index in [4.69, 9.17) is 14.4 Å². The van der Waals surface area contributed by atoms with Gasteiger partial charge < -0.3 is 8.98 Å². The third kappa shape index (κ3) is 4.17. The van der Waals surface area contributed by atoms with E-state index >= 15 is 0 Å². The standard InChI is InChI=1S/C45H28N4OS/c1-27-30-14-5-8-18-36(30)49(29-12-3-2-4-13-29)35(27)24-22-28-26-48(37-25-23-32-31-15-6-9-19-38(31)50-44(32)41(28)37)45-46-34-17-11-21-40-42(34)43(47-45)33-16-7-10-20-39(33)51-40/h2-26H,1H3/b24-22-. The quantitative estimate of drug-likeness (QED) is 0.187. The van der Waals surface area contributed by atoms with Crippen molar-refractivity contribution in [1.29, 1.82) is 0 Å². The van der Waals surface area contributed by atoms with E-state index in [0.29, 0.717) is 5.95 Å². The maximum atomic E-state index is 6.66. The summed E-state index contributed by atoms with van der Waals surface area (Å²) in [6.07, 6.45) is 6.63. The fourth-order valence-corrected chi connectivity index (χ4v) is 8.97. The second-order valence-electron chi connectivity index (χ2n) is 13.0. The average Bonchev–Trinajstić information content (AvgIpc) is 3.84. The minimum absolute atomic E-state index is 0.631. The van der Waals surface area contributed by atoms with Gasteiger partial charge in [0.2, 0.25) is 5.95 Å². The zero-order valence-corrected chi connectivity index (χ0v) is 28.4. The lowest BCUT2D eigenvalue weighted by molar-refractivity contribution is 0.672. The monoisotopic (exact) mass is 672 g/mol. The van der Waals surface area contributed by atoms with Gasteiger partial charge in [-0.05, 0) is 73.2 Å². The van der Waals surface area contributed by atoms with E-state index in [2.05, 4.69) is 156 Å². The molecule has 6 aromatic carbocycles. The number of rotatable bonds is 4. The van der Waals surface area contributed by atoms with Gasteiger partial charge in [0.05, 0.1) is 27.6 Å². The van der Waals surface area contributed by atoms with Crippen LogP contribution >= 0.6 is 11.8 Å². The fraction of sp³-hybridized carbons (Fsp3) is 0.0222. The van der Waals surface area contributed by atoms with Crippen LogP contribution in [0.15, 0.2) is 154 Å². The Balaban J connectivity index is 1.19. The summed E-state index contributed by atoms with van der Waals surface area (Å²) in [6.45, 7) is 2.21. The molecule has 0 aliphatic carbocycles. The zero-order valence-electron chi connectivity index (χ0n) is 27.5. The Morgan fingerprint density at radius 1 is 0.627 bits per heavy atom. The van der Waals surface area contributed by atoms with E-state index in [9.17, 15) is 0 Å². The molecule has 0 N–H and O–H groups in total. The van der Waals surface area contributed by atoms with Crippen molar-refractivity contribution >= 4 is 78.6 Å². The molecule has 4 aromatic heterocycles. The summed E-state index contributed by atoms with van der Waals surface area (Å²) < 4.78 is 11.1. The summed E-state index contributed by atoms with van der Waals surface area (Å²) in [4.78, 5) is 12.9. The minimum Gasteiger partial charge on any atom is -0.455 e. The van der Waals surface area contributed by atoms with Gasteiger partial charge in [-0.3, -0.25) is 4.57 Å². The molecule has 0 radical (unpaired) electrons. The molecule has 0 fully saturated rings.